The number of aliphatic imine (C=N–C) groups is 1. The molecule has 3 heterocycles. The maximum atomic E-state index is 6.43. The summed E-state index contributed by atoms with van der Waals surface area (Å²) in [7, 11) is 0. The molecule has 10 rings (SSSR count). The van der Waals surface area contributed by atoms with Crippen LogP contribution in [0.4, 0.5) is 5.88 Å². The molecule has 0 saturated heterocycles. The molecule has 5 nitrogen and oxygen atoms in total. The van der Waals surface area contributed by atoms with Gasteiger partial charge in [0.1, 0.15) is 23.8 Å². The third kappa shape index (κ3) is 4.70. The maximum Gasteiger partial charge on any atom is 0.202 e. The zero-order valence-corrected chi connectivity index (χ0v) is 26.7. The number of hydrogen-bond acceptors (Lipinski definition) is 5. The molecular weight excluding hydrogens is 601 g/mol. The highest BCUT2D eigenvalue weighted by Gasteiger charge is 2.28. The number of nitrogens with zero attached hydrogens (tertiary/aromatic N) is 1. The zero-order valence-electron chi connectivity index (χ0n) is 26.7. The molecule has 2 atom stereocenters. The molecule has 234 valence electrons. The first-order valence-electron chi connectivity index (χ1n) is 16.8. The van der Waals surface area contributed by atoms with Crippen LogP contribution in [-0.4, -0.2) is 12.4 Å². The number of hydrogen-bond donors (Lipinski definition) is 3. The Kier molecular flexibility index (Phi) is 6.39. The Hall–Kier alpha value is -6.17. The van der Waals surface area contributed by atoms with E-state index in [9.17, 15) is 0 Å². The normalized spacial score (nSPS) is 17.4. The molecule has 1 aromatic heterocycles. The van der Waals surface area contributed by atoms with Gasteiger partial charge >= 0.3 is 0 Å². The fraction of sp³-hybridized carbons (Fsp3) is 0.0682. The quantitative estimate of drug-likeness (QED) is 0.181. The van der Waals surface area contributed by atoms with Gasteiger partial charge in [-0.25, -0.2) is 4.99 Å². The van der Waals surface area contributed by atoms with Crippen LogP contribution in [0.1, 0.15) is 40.1 Å². The van der Waals surface area contributed by atoms with Crippen molar-refractivity contribution in [1.29, 1.82) is 0 Å². The summed E-state index contributed by atoms with van der Waals surface area (Å²) in [5.74, 6) is 1.70. The number of benzene rings is 7. The lowest BCUT2D eigenvalue weighted by molar-refractivity contribution is 0.411. The summed E-state index contributed by atoms with van der Waals surface area (Å²) in [4.78, 5) is 5.21. The SMILES string of the molecule is C1=C(c2cccc3c(C4NC(c5ccccc5)=NC(c5ccc6ccccc6c5)N4)cccc23)c2c(oc3cc4ccccc4cc23)NC1. The van der Waals surface area contributed by atoms with Crippen LogP contribution in [0.5, 0.6) is 0 Å². The fourth-order valence-corrected chi connectivity index (χ4v) is 7.60. The van der Waals surface area contributed by atoms with Gasteiger partial charge in [0.25, 0.3) is 0 Å². The molecule has 2 unspecified atom stereocenters. The number of fused-ring (bicyclic) bond motifs is 6. The van der Waals surface area contributed by atoms with Crippen LogP contribution in [0.2, 0.25) is 0 Å². The van der Waals surface area contributed by atoms with Gasteiger partial charge < -0.3 is 15.1 Å². The molecule has 5 heteroatoms. The van der Waals surface area contributed by atoms with Crippen LogP contribution >= 0.6 is 0 Å². The van der Waals surface area contributed by atoms with Gasteiger partial charge in [0.05, 0.1) is 5.56 Å². The predicted molar refractivity (Wildman–Crippen MR) is 202 cm³/mol. The van der Waals surface area contributed by atoms with Crippen molar-refractivity contribution in [2.75, 3.05) is 11.9 Å². The van der Waals surface area contributed by atoms with Crippen molar-refractivity contribution in [3.05, 3.63) is 179 Å². The minimum Gasteiger partial charge on any atom is -0.440 e. The van der Waals surface area contributed by atoms with Gasteiger partial charge in [0.2, 0.25) is 5.88 Å². The molecule has 3 N–H and O–H groups in total. The zero-order chi connectivity index (χ0) is 32.3. The van der Waals surface area contributed by atoms with Gasteiger partial charge in [-0.05, 0) is 72.8 Å². The maximum absolute atomic E-state index is 6.43. The second-order valence-electron chi connectivity index (χ2n) is 12.8. The number of furan rings is 1. The molecule has 0 spiro atoms. The molecule has 0 aliphatic carbocycles. The molecule has 0 bridgehead atoms. The summed E-state index contributed by atoms with van der Waals surface area (Å²) in [6.07, 6.45) is 1.88. The summed E-state index contributed by atoms with van der Waals surface area (Å²) >= 11 is 0. The lowest BCUT2D eigenvalue weighted by atomic mass is 9.89. The van der Waals surface area contributed by atoms with Crippen LogP contribution < -0.4 is 16.0 Å². The Morgan fingerprint density at radius 1 is 0.612 bits per heavy atom. The topological polar surface area (TPSA) is 61.6 Å². The minimum absolute atomic E-state index is 0.179. The van der Waals surface area contributed by atoms with E-state index in [4.69, 9.17) is 9.41 Å². The van der Waals surface area contributed by atoms with E-state index in [-0.39, 0.29) is 12.3 Å². The standard InChI is InChI=1S/C44H32N4O/c1-2-11-28(12-3-1)41-46-42(32-21-20-27-10-4-5-13-29(27)24-32)48-43(47-41)37-19-9-16-33-34(17-8-18-35(33)37)36-22-23-45-44-40(36)38-25-30-14-6-7-15-31(30)26-39(38)49-44/h1-22,24-26,42-43,45,48H,23H2,(H,46,47). The Bertz CT molecular complexity index is 2630. The Labute approximate surface area is 283 Å². The van der Waals surface area contributed by atoms with E-state index >= 15 is 0 Å². The Morgan fingerprint density at radius 2 is 1.35 bits per heavy atom. The second kappa shape index (κ2) is 11.2. The van der Waals surface area contributed by atoms with Gasteiger partial charge in [0, 0.05) is 17.5 Å². The molecule has 49 heavy (non-hydrogen) atoms. The van der Waals surface area contributed by atoms with Gasteiger partial charge in [-0.2, -0.15) is 0 Å². The van der Waals surface area contributed by atoms with Gasteiger partial charge in [-0.3, -0.25) is 5.32 Å². The van der Waals surface area contributed by atoms with Crippen molar-refractivity contribution in [2.45, 2.75) is 12.3 Å². The lowest BCUT2D eigenvalue weighted by Gasteiger charge is -2.33. The highest BCUT2D eigenvalue weighted by molar-refractivity contribution is 6.10. The molecule has 0 fully saturated rings. The summed E-state index contributed by atoms with van der Waals surface area (Å²) in [5.41, 5.74) is 7.76. The van der Waals surface area contributed by atoms with Crippen molar-refractivity contribution in [3.63, 3.8) is 0 Å². The van der Waals surface area contributed by atoms with Gasteiger partial charge in [-0.1, -0.05) is 133 Å². The Balaban J connectivity index is 1.09. The van der Waals surface area contributed by atoms with E-state index in [1.165, 1.54) is 49.0 Å². The number of amidine groups is 1. The first-order chi connectivity index (χ1) is 24.3. The van der Waals surface area contributed by atoms with E-state index in [1.54, 1.807) is 0 Å². The molecule has 2 aliphatic heterocycles. The monoisotopic (exact) mass is 632 g/mol. The van der Waals surface area contributed by atoms with Crippen LogP contribution in [0, 0.1) is 0 Å². The van der Waals surface area contributed by atoms with Crippen molar-refractivity contribution in [3.8, 4) is 0 Å². The third-order valence-corrected chi connectivity index (χ3v) is 9.95. The van der Waals surface area contributed by atoms with Crippen molar-refractivity contribution in [1.82, 2.24) is 10.6 Å². The van der Waals surface area contributed by atoms with Crippen LogP contribution in [-0.2, 0) is 0 Å². The number of nitrogens with one attached hydrogen (secondary N) is 3. The van der Waals surface area contributed by atoms with Crippen molar-refractivity contribution < 1.29 is 4.42 Å². The molecule has 7 aromatic carbocycles. The molecule has 0 saturated carbocycles. The number of rotatable bonds is 4. The molecule has 0 radical (unpaired) electrons. The van der Waals surface area contributed by atoms with Crippen molar-refractivity contribution in [2.24, 2.45) is 4.99 Å². The van der Waals surface area contributed by atoms with Crippen LogP contribution in [0.15, 0.2) is 161 Å². The summed E-state index contributed by atoms with van der Waals surface area (Å²) in [5, 5.41) is 19.4. The Morgan fingerprint density at radius 3 is 2.20 bits per heavy atom. The van der Waals surface area contributed by atoms with E-state index in [0.29, 0.717) is 6.54 Å². The minimum atomic E-state index is -0.230. The smallest absolute Gasteiger partial charge is 0.202 e. The summed E-state index contributed by atoms with van der Waals surface area (Å²) in [6.45, 7) is 0.702. The van der Waals surface area contributed by atoms with Gasteiger partial charge in [0.15, 0.2) is 0 Å². The summed E-state index contributed by atoms with van der Waals surface area (Å²) in [6, 6.07) is 51.7. The number of anilines is 1. The van der Waals surface area contributed by atoms with E-state index in [0.717, 1.165) is 39.4 Å². The second-order valence-corrected chi connectivity index (χ2v) is 12.8. The first-order valence-corrected chi connectivity index (χ1v) is 16.8. The van der Waals surface area contributed by atoms with Gasteiger partial charge in [-0.15, -0.1) is 0 Å². The fourth-order valence-electron chi connectivity index (χ4n) is 7.60. The van der Waals surface area contributed by atoms with Crippen LogP contribution in [0.25, 0.3) is 48.9 Å². The molecule has 0 amide bonds. The average molecular weight is 633 g/mol. The van der Waals surface area contributed by atoms with E-state index in [1.807, 2.05) is 6.07 Å². The molecule has 8 aromatic rings. The van der Waals surface area contributed by atoms with Crippen molar-refractivity contribution >= 4 is 60.6 Å². The average Bonchev–Trinajstić information content (AvgIpc) is 3.54. The summed E-state index contributed by atoms with van der Waals surface area (Å²) < 4.78 is 6.43. The third-order valence-electron chi connectivity index (χ3n) is 9.95. The van der Waals surface area contributed by atoms with E-state index in [2.05, 4.69) is 162 Å². The predicted octanol–water partition coefficient (Wildman–Crippen LogP) is 10.1. The van der Waals surface area contributed by atoms with E-state index < -0.39 is 0 Å². The first kappa shape index (κ1) is 27.9. The molecule has 2 aliphatic rings. The lowest BCUT2D eigenvalue weighted by Crippen LogP contribution is -2.45. The van der Waals surface area contributed by atoms with Crippen LogP contribution in [0.3, 0.4) is 0 Å². The molecular formula is C44H32N4O. The highest BCUT2D eigenvalue weighted by atomic mass is 16.3. The largest absolute Gasteiger partial charge is 0.440 e. The highest BCUT2D eigenvalue weighted by Crippen LogP contribution is 2.44.